The van der Waals surface area contributed by atoms with E-state index < -0.39 is 5.82 Å². The van der Waals surface area contributed by atoms with Gasteiger partial charge in [0.15, 0.2) is 0 Å². The number of benzene rings is 1. The highest BCUT2D eigenvalue weighted by Gasteiger charge is 2.09. The van der Waals surface area contributed by atoms with Crippen LogP contribution in [0.5, 0.6) is 5.88 Å². The monoisotopic (exact) mass is 263 g/mol. The second-order valence-electron chi connectivity index (χ2n) is 3.34. The van der Waals surface area contributed by atoms with Gasteiger partial charge in [0.05, 0.1) is 19.4 Å². The lowest BCUT2D eigenvalue weighted by Crippen LogP contribution is -1.93. The van der Waals surface area contributed by atoms with Crippen LogP contribution in [0.1, 0.15) is 0 Å². The van der Waals surface area contributed by atoms with Crippen LogP contribution in [0.3, 0.4) is 0 Å². The molecule has 6 heteroatoms. The largest absolute Gasteiger partial charge is 0.481 e. The highest BCUT2D eigenvalue weighted by Crippen LogP contribution is 2.27. The molecule has 0 aliphatic carbocycles. The van der Waals surface area contributed by atoms with Gasteiger partial charge in [0.1, 0.15) is 5.82 Å². The second kappa shape index (κ2) is 4.98. The smallest absolute Gasteiger partial charge is 0.226 e. The molecule has 0 saturated carbocycles. The van der Waals surface area contributed by atoms with E-state index in [0.29, 0.717) is 17.1 Å². The van der Waals surface area contributed by atoms with Crippen molar-refractivity contribution >= 4 is 17.3 Å². The van der Waals surface area contributed by atoms with Crippen LogP contribution in [0.2, 0.25) is 5.28 Å². The standard InChI is InChI=1S/C12H7ClFN3O/c1-15-9-4-3-7(5-8(9)14)10-6-11(18-2)17-12(13)16-10/h3-6H,2H3. The summed E-state index contributed by atoms with van der Waals surface area (Å²) in [5.41, 5.74) is 0.899. The van der Waals surface area contributed by atoms with Crippen molar-refractivity contribution in [2.45, 2.75) is 0 Å². The average molecular weight is 264 g/mol. The second-order valence-corrected chi connectivity index (χ2v) is 3.68. The van der Waals surface area contributed by atoms with Gasteiger partial charge in [-0.1, -0.05) is 12.1 Å². The molecule has 0 spiro atoms. The maximum absolute atomic E-state index is 13.5. The van der Waals surface area contributed by atoms with Gasteiger partial charge < -0.3 is 4.74 Å². The van der Waals surface area contributed by atoms with E-state index in [-0.39, 0.29) is 11.0 Å². The molecule has 1 aromatic carbocycles. The summed E-state index contributed by atoms with van der Waals surface area (Å²) in [6.45, 7) is 6.78. The van der Waals surface area contributed by atoms with Gasteiger partial charge in [0.2, 0.25) is 16.9 Å². The van der Waals surface area contributed by atoms with E-state index >= 15 is 0 Å². The van der Waals surface area contributed by atoms with E-state index in [2.05, 4.69) is 14.8 Å². The molecule has 1 aromatic heterocycles. The fourth-order valence-electron chi connectivity index (χ4n) is 1.41. The Hall–Kier alpha value is -2.19. The molecule has 2 rings (SSSR count). The molecule has 2 aromatic rings. The first kappa shape index (κ1) is 12.3. The number of aromatic nitrogens is 2. The minimum atomic E-state index is -0.601. The molecule has 0 N–H and O–H groups in total. The number of ether oxygens (including phenoxy) is 1. The van der Waals surface area contributed by atoms with E-state index in [1.165, 1.54) is 25.3 Å². The van der Waals surface area contributed by atoms with E-state index in [1.807, 2.05) is 0 Å². The zero-order valence-corrected chi connectivity index (χ0v) is 10.1. The van der Waals surface area contributed by atoms with E-state index in [1.54, 1.807) is 6.07 Å². The van der Waals surface area contributed by atoms with Gasteiger partial charge in [0.25, 0.3) is 0 Å². The minimum absolute atomic E-state index is 0.0130. The lowest BCUT2D eigenvalue weighted by molar-refractivity contribution is 0.397. The van der Waals surface area contributed by atoms with Crippen molar-refractivity contribution in [2.75, 3.05) is 7.11 Å². The Labute approximate surface area is 108 Å². The summed E-state index contributed by atoms with van der Waals surface area (Å²) in [5, 5.41) is 0.0130. The molecule has 0 aliphatic rings. The van der Waals surface area contributed by atoms with Gasteiger partial charge in [-0.2, -0.15) is 4.98 Å². The molecule has 90 valence electrons. The Kier molecular flexibility index (Phi) is 3.40. The number of hydrogen-bond acceptors (Lipinski definition) is 3. The molecule has 0 saturated heterocycles. The lowest BCUT2D eigenvalue weighted by atomic mass is 10.1. The van der Waals surface area contributed by atoms with Crippen LogP contribution in [0.25, 0.3) is 16.1 Å². The van der Waals surface area contributed by atoms with Crippen LogP contribution in [0, 0.1) is 12.4 Å². The number of halogens is 2. The van der Waals surface area contributed by atoms with E-state index in [4.69, 9.17) is 22.9 Å². The quantitative estimate of drug-likeness (QED) is 0.615. The Morgan fingerprint density at radius 2 is 2.11 bits per heavy atom. The van der Waals surface area contributed by atoms with Crippen LogP contribution in [0.15, 0.2) is 24.3 Å². The Morgan fingerprint density at radius 1 is 1.33 bits per heavy atom. The van der Waals surface area contributed by atoms with Crippen molar-refractivity contribution in [1.29, 1.82) is 0 Å². The van der Waals surface area contributed by atoms with Crippen LogP contribution >= 0.6 is 11.6 Å². The van der Waals surface area contributed by atoms with Gasteiger partial charge in [-0.25, -0.2) is 14.2 Å². The van der Waals surface area contributed by atoms with Crippen LogP contribution in [-0.4, -0.2) is 17.1 Å². The Bertz CT molecular complexity index is 640. The van der Waals surface area contributed by atoms with Crippen LogP contribution in [0.4, 0.5) is 10.1 Å². The van der Waals surface area contributed by atoms with Crippen molar-refractivity contribution in [3.05, 3.63) is 46.8 Å². The van der Waals surface area contributed by atoms with Gasteiger partial charge in [-0.3, -0.25) is 0 Å². The topological polar surface area (TPSA) is 39.4 Å². The third-order valence-corrected chi connectivity index (χ3v) is 2.42. The molecule has 1 heterocycles. The first-order valence-corrected chi connectivity index (χ1v) is 5.28. The normalized spacial score (nSPS) is 9.89. The van der Waals surface area contributed by atoms with E-state index in [9.17, 15) is 4.39 Å². The fraction of sp³-hybridized carbons (Fsp3) is 0.0833. The van der Waals surface area contributed by atoms with Crippen molar-refractivity contribution in [3.63, 3.8) is 0 Å². The van der Waals surface area contributed by atoms with Crippen molar-refractivity contribution in [3.8, 4) is 17.1 Å². The van der Waals surface area contributed by atoms with Gasteiger partial charge in [0, 0.05) is 11.6 Å². The van der Waals surface area contributed by atoms with Gasteiger partial charge in [-0.05, 0) is 17.7 Å². The lowest BCUT2D eigenvalue weighted by Gasteiger charge is -2.05. The molecule has 0 unspecified atom stereocenters. The molecular formula is C12H7ClFN3O. The molecule has 0 bridgehead atoms. The SMILES string of the molecule is [C-]#[N+]c1ccc(-c2cc(OC)nc(Cl)n2)cc1F. The summed E-state index contributed by atoms with van der Waals surface area (Å²) < 4.78 is 18.5. The van der Waals surface area contributed by atoms with Crippen molar-refractivity contribution in [1.82, 2.24) is 9.97 Å². The zero-order chi connectivity index (χ0) is 13.1. The molecular weight excluding hydrogens is 257 g/mol. The Balaban J connectivity index is 2.52. The van der Waals surface area contributed by atoms with Gasteiger partial charge in [-0.15, -0.1) is 0 Å². The molecule has 0 aliphatic heterocycles. The summed E-state index contributed by atoms with van der Waals surface area (Å²) in [6.07, 6.45) is 0. The Morgan fingerprint density at radius 3 is 2.72 bits per heavy atom. The summed E-state index contributed by atoms with van der Waals surface area (Å²) in [7, 11) is 1.45. The zero-order valence-electron chi connectivity index (χ0n) is 9.32. The number of hydrogen-bond donors (Lipinski definition) is 0. The average Bonchev–Trinajstić information content (AvgIpc) is 2.37. The summed E-state index contributed by atoms with van der Waals surface area (Å²) >= 11 is 5.73. The van der Waals surface area contributed by atoms with Crippen LogP contribution in [-0.2, 0) is 0 Å². The first-order valence-electron chi connectivity index (χ1n) is 4.90. The van der Waals surface area contributed by atoms with Crippen molar-refractivity contribution < 1.29 is 9.13 Å². The first-order chi connectivity index (χ1) is 8.63. The van der Waals surface area contributed by atoms with E-state index in [0.717, 1.165) is 0 Å². The third-order valence-electron chi connectivity index (χ3n) is 2.25. The fourth-order valence-corrected chi connectivity index (χ4v) is 1.58. The molecule has 0 fully saturated rings. The highest BCUT2D eigenvalue weighted by molar-refractivity contribution is 6.28. The maximum atomic E-state index is 13.5. The predicted molar refractivity (Wildman–Crippen MR) is 65.3 cm³/mol. The summed E-state index contributed by atoms with van der Waals surface area (Å²) in [5.74, 6) is -0.309. The highest BCUT2D eigenvalue weighted by atomic mass is 35.5. The van der Waals surface area contributed by atoms with Gasteiger partial charge >= 0.3 is 0 Å². The van der Waals surface area contributed by atoms with Crippen molar-refractivity contribution in [2.24, 2.45) is 0 Å². The molecule has 0 atom stereocenters. The molecule has 0 radical (unpaired) electrons. The minimum Gasteiger partial charge on any atom is -0.481 e. The third kappa shape index (κ3) is 2.39. The summed E-state index contributed by atoms with van der Waals surface area (Å²) in [6, 6.07) is 5.75. The predicted octanol–water partition coefficient (Wildman–Crippen LogP) is 3.50. The molecule has 4 nitrogen and oxygen atoms in total. The maximum Gasteiger partial charge on any atom is 0.226 e. The summed E-state index contributed by atoms with van der Waals surface area (Å²) in [4.78, 5) is 10.9. The number of nitrogens with zero attached hydrogens (tertiary/aromatic N) is 3. The molecule has 18 heavy (non-hydrogen) atoms. The van der Waals surface area contributed by atoms with Crippen LogP contribution < -0.4 is 4.74 Å². The number of rotatable bonds is 2. The molecule has 0 amide bonds. The number of methoxy groups -OCH3 is 1.